The molecule has 2 aliphatic carbocycles. The fourth-order valence-electron chi connectivity index (χ4n) is 5.64. The molecule has 0 aromatic heterocycles. The average Bonchev–Trinajstić information content (AvgIpc) is 3.05. The van der Waals surface area contributed by atoms with E-state index in [4.69, 9.17) is 9.47 Å². The normalized spacial score (nSPS) is 34.0. The van der Waals surface area contributed by atoms with E-state index < -0.39 is 18.1 Å². The molecule has 2 unspecified atom stereocenters. The molecule has 4 rings (SSSR count). The molecule has 0 radical (unpaired) electrons. The largest absolute Gasteiger partial charge is 0.493 e. The van der Waals surface area contributed by atoms with Gasteiger partial charge in [0, 0.05) is 24.4 Å². The summed E-state index contributed by atoms with van der Waals surface area (Å²) in [6, 6.07) is 5.92. The van der Waals surface area contributed by atoms with Crippen molar-refractivity contribution < 1.29 is 24.5 Å². The van der Waals surface area contributed by atoms with E-state index in [9.17, 15) is 15.0 Å². The van der Waals surface area contributed by atoms with Gasteiger partial charge in [0.2, 0.25) is 5.91 Å². The Kier molecular flexibility index (Phi) is 5.51. The first kappa shape index (κ1) is 20.5. The van der Waals surface area contributed by atoms with Crippen LogP contribution in [-0.4, -0.2) is 60.5 Å². The van der Waals surface area contributed by atoms with Crippen molar-refractivity contribution in [3.63, 3.8) is 0 Å². The number of hydrogen-bond acceptors (Lipinski definition) is 5. The third-order valence-electron chi connectivity index (χ3n) is 7.78. The van der Waals surface area contributed by atoms with Crippen molar-refractivity contribution in [1.29, 1.82) is 0 Å². The maximum Gasteiger partial charge on any atom is 0.248 e. The third-order valence-corrected chi connectivity index (χ3v) is 7.78. The number of carbonyl (C=O) groups is 1. The second kappa shape index (κ2) is 7.80. The molecule has 0 bridgehead atoms. The zero-order valence-corrected chi connectivity index (χ0v) is 17.6. The van der Waals surface area contributed by atoms with Crippen molar-refractivity contribution in [3.05, 3.63) is 23.8 Å². The Bertz CT molecular complexity index is 756. The molecule has 1 heterocycles. The molecule has 160 valence electrons. The quantitative estimate of drug-likeness (QED) is 0.731. The van der Waals surface area contributed by atoms with Crippen LogP contribution < -0.4 is 9.47 Å². The molecule has 3 fully saturated rings. The van der Waals surface area contributed by atoms with Crippen LogP contribution in [0.25, 0.3) is 0 Å². The highest BCUT2D eigenvalue weighted by atomic mass is 16.5. The van der Waals surface area contributed by atoms with E-state index in [0.717, 1.165) is 29.8 Å². The number of benzene rings is 1. The van der Waals surface area contributed by atoms with Crippen LogP contribution >= 0.6 is 0 Å². The summed E-state index contributed by atoms with van der Waals surface area (Å²) in [5, 5.41) is 19.8. The summed E-state index contributed by atoms with van der Waals surface area (Å²) >= 11 is 0. The lowest BCUT2D eigenvalue weighted by Gasteiger charge is -2.33. The van der Waals surface area contributed by atoms with Crippen LogP contribution in [0.4, 0.5) is 0 Å². The van der Waals surface area contributed by atoms with Crippen LogP contribution in [0.15, 0.2) is 18.2 Å². The SMILES string of the molecule is COc1ccc([C@@H]2CN(C(=O)CO)C[C@@]2(C)[C@@H](C)O)cc1OCC1C2CCCC21. The zero-order valence-electron chi connectivity index (χ0n) is 17.6. The molecule has 1 aliphatic heterocycles. The van der Waals surface area contributed by atoms with Crippen LogP contribution in [0.5, 0.6) is 11.5 Å². The molecule has 6 nitrogen and oxygen atoms in total. The molecule has 29 heavy (non-hydrogen) atoms. The number of likely N-dealkylation sites (tertiary alicyclic amines) is 1. The molecular weight excluding hydrogens is 370 g/mol. The van der Waals surface area contributed by atoms with Gasteiger partial charge in [-0.25, -0.2) is 0 Å². The number of carbonyl (C=O) groups excluding carboxylic acids is 1. The average molecular weight is 404 g/mol. The maximum absolute atomic E-state index is 12.1. The zero-order chi connectivity index (χ0) is 20.8. The lowest BCUT2D eigenvalue weighted by atomic mass is 9.72. The molecule has 0 spiro atoms. The Morgan fingerprint density at radius 3 is 2.66 bits per heavy atom. The first-order valence-electron chi connectivity index (χ1n) is 10.8. The van der Waals surface area contributed by atoms with Crippen molar-refractivity contribution in [2.75, 3.05) is 33.4 Å². The van der Waals surface area contributed by atoms with E-state index in [1.165, 1.54) is 19.3 Å². The lowest BCUT2D eigenvalue weighted by Crippen LogP contribution is -2.38. The number of amides is 1. The van der Waals surface area contributed by atoms with E-state index in [2.05, 4.69) is 0 Å². The van der Waals surface area contributed by atoms with Crippen molar-refractivity contribution in [1.82, 2.24) is 4.90 Å². The number of rotatable bonds is 7. The number of aliphatic hydroxyl groups excluding tert-OH is 2. The van der Waals surface area contributed by atoms with Gasteiger partial charge in [0.1, 0.15) is 6.61 Å². The lowest BCUT2D eigenvalue weighted by molar-refractivity contribution is -0.133. The number of nitrogens with zero attached hydrogens (tertiary/aromatic N) is 1. The number of aliphatic hydroxyl groups is 2. The molecular formula is C23H33NO5. The Morgan fingerprint density at radius 2 is 2.03 bits per heavy atom. The van der Waals surface area contributed by atoms with Gasteiger partial charge in [-0.2, -0.15) is 0 Å². The van der Waals surface area contributed by atoms with Gasteiger partial charge in [-0.1, -0.05) is 19.4 Å². The smallest absolute Gasteiger partial charge is 0.248 e. The molecule has 2 N–H and O–H groups in total. The molecule has 5 atom stereocenters. The van der Waals surface area contributed by atoms with E-state index in [0.29, 0.717) is 24.8 Å². The summed E-state index contributed by atoms with van der Waals surface area (Å²) in [6.07, 6.45) is 3.42. The van der Waals surface area contributed by atoms with Gasteiger partial charge in [-0.05, 0) is 55.2 Å². The third kappa shape index (κ3) is 3.61. The van der Waals surface area contributed by atoms with E-state index in [1.807, 2.05) is 25.1 Å². The highest BCUT2D eigenvalue weighted by Gasteiger charge is 2.53. The minimum atomic E-state index is -0.596. The van der Waals surface area contributed by atoms with Crippen molar-refractivity contribution >= 4 is 5.91 Å². The number of ether oxygens (including phenoxy) is 2. The summed E-state index contributed by atoms with van der Waals surface area (Å²) in [6.45, 7) is 4.88. The fraction of sp³-hybridized carbons (Fsp3) is 0.696. The molecule has 1 aromatic carbocycles. The predicted molar refractivity (Wildman–Crippen MR) is 109 cm³/mol. The van der Waals surface area contributed by atoms with Crippen molar-refractivity contribution in [3.8, 4) is 11.5 Å². The predicted octanol–water partition coefficient (Wildman–Crippen LogP) is 2.43. The molecule has 1 aromatic rings. The van der Waals surface area contributed by atoms with Crippen LogP contribution in [0.3, 0.4) is 0 Å². The standard InChI is InChI=1S/C23H33NO5/c1-14(26)23(2)13-24(22(27)11-25)10-19(23)15-7-8-20(28-3)21(9-15)29-12-18-16-5-4-6-17(16)18/h7-9,14,16-19,25-26H,4-6,10-13H2,1-3H3/t14-,16?,17?,18?,19+,23+/m1/s1. The topological polar surface area (TPSA) is 79.2 Å². The van der Waals surface area contributed by atoms with Gasteiger partial charge in [0.05, 0.1) is 19.8 Å². The van der Waals surface area contributed by atoms with Gasteiger partial charge in [-0.15, -0.1) is 0 Å². The number of methoxy groups -OCH3 is 1. The van der Waals surface area contributed by atoms with Gasteiger partial charge < -0.3 is 24.6 Å². The molecule has 1 amide bonds. The Labute approximate surface area is 172 Å². The minimum Gasteiger partial charge on any atom is -0.493 e. The minimum absolute atomic E-state index is 0.0495. The Hall–Kier alpha value is -1.79. The Morgan fingerprint density at radius 1 is 1.31 bits per heavy atom. The van der Waals surface area contributed by atoms with Crippen LogP contribution in [-0.2, 0) is 4.79 Å². The highest BCUT2D eigenvalue weighted by Crippen LogP contribution is 2.57. The van der Waals surface area contributed by atoms with Crippen LogP contribution in [0, 0.1) is 23.2 Å². The first-order valence-corrected chi connectivity index (χ1v) is 10.8. The summed E-state index contributed by atoms with van der Waals surface area (Å²) in [7, 11) is 1.64. The van der Waals surface area contributed by atoms with E-state index in [1.54, 1.807) is 18.9 Å². The second-order valence-corrected chi connectivity index (χ2v) is 9.31. The van der Waals surface area contributed by atoms with Crippen molar-refractivity contribution in [2.45, 2.75) is 45.1 Å². The number of hydrogen-bond donors (Lipinski definition) is 2. The fourth-order valence-corrected chi connectivity index (χ4v) is 5.64. The van der Waals surface area contributed by atoms with E-state index in [-0.39, 0.29) is 11.8 Å². The van der Waals surface area contributed by atoms with Crippen LogP contribution in [0.2, 0.25) is 0 Å². The summed E-state index contributed by atoms with van der Waals surface area (Å²) in [5.74, 6) is 3.45. The Balaban J connectivity index is 1.55. The summed E-state index contributed by atoms with van der Waals surface area (Å²) < 4.78 is 11.7. The van der Waals surface area contributed by atoms with Gasteiger partial charge in [0.15, 0.2) is 11.5 Å². The molecule has 6 heteroatoms. The molecule has 2 saturated carbocycles. The first-order chi connectivity index (χ1) is 13.9. The van der Waals surface area contributed by atoms with Crippen molar-refractivity contribution in [2.24, 2.45) is 23.2 Å². The molecule has 3 aliphatic rings. The monoisotopic (exact) mass is 403 g/mol. The highest BCUT2D eigenvalue weighted by molar-refractivity contribution is 5.77. The van der Waals surface area contributed by atoms with E-state index >= 15 is 0 Å². The maximum atomic E-state index is 12.1. The van der Waals surface area contributed by atoms with Gasteiger partial charge >= 0.3 is 0 Å². The number of fused-ring (bicyclic) bond motifs is 1. The second-order valence-electron chi connectivity index (χ2n) is 9.31. The molecule has 1 saturated heterocycles. The van der Waals surface area contributed by atoms with Gasteiger partial charge in [-0.3, -0.25) is 4.79 Å². The summed E-state index contributed by atoms with van der Waals surface area (Å²) in [5.41, 5.74) is 0.526. The van der Waals surface area contributed by atoms with Gasteiger partial charge in [0.25, 0.3) is 0 Å². The summed E-state index contributed by atoms with van der Waals surface area (Å²) in [4.78, 5) is 13.7. The van der Waals surface area contributed by atoms with Crippen LogP contribution in [0.1, 0.15) is 44.6 Å².